The van der Waals surface area contributed by atoms with Crippen molar-refractivity contribution in [2.24, 2.45) is 0 Å². The molecule has 1 N–H and O–H groups in total. The van der Waals surface area contributed by atoms with Gasteiger partial charge in [0, 0.05) is 25.2 Å². The normalized spacial score (nSPS) is 27.8. The number of methoxy groups -OCH3 is 1. The highest BCUT2D eigenvalue weighted by atomic mass is 16.5. The molecule has 0 spiro atoms. The first-order valence-electron chi connectivity index (χ1n) is 7.27. The minimum atomic E-state index is -0.610. The summed E-state index contributed by atoms with van der Waals surface area (Å²) in [5.74, 6) is -0.166. The summed E-state index contributed by atoms with van der Waals surface area (Å²) in [4.78, 5) is 14.5. The molecule has 1 heterocycles. The molecule has 0 aromatic rings. The smallest absolute Gasteiger partial charge is 0.327 e. The molecule has 0 bridgehead atoms. The van der Waals surface area contributed by atoms with Gasteiger partial charge >= 0.3 is 5.97 Å². The van der Waals surface area contributed by atoms with Crippen molar-refractivity contribution in [3.63, 3.8) is 0 Å². The monoisotopic (exact) mass is 270 g/mol. The summed E-state index contributed by atoms with van der Waals surface area (Å²) >= 11 is 0. The van der Waals surface area contributed by atoms with Crippen molar-refractivity contribution in [2.75, 3.05) is 33.4 Å². The summed E-state index contributed by atoms with van der Waals surface area (Å²) in [7, 11) is 1.46. The van der Waals surface area contributed by atoms with E-state index in [2.05, 4.69) is 17.1 Å². The van der Waals surface area contributed by atoms with Crippen LogP contribution in [0.4, 0.5) is 0 Å². The van der Waals surface area contributed by atoms with Crippen LogP contribution in [0.15, 0.2) is 0 Å². The molecule has 0 amide bonds. The van der Waals surface area contributed by atoms with Crippen LogP contribution in [0.5, 0.6) is 0 Å². The Morgan fingerprint density at radius 1 is 1.53 bits per heavy atom. The van der Waals surface area contributed by atoms with E-state index in [-0.39, 0.29) is 5.97 Å². The number of hydrogen-bond donors (Lipinski definition) is 1. The minimum absolute atomic E-state index is 0.166. The summed E-state index contributed by atoms with van der Waals surface area (Å²) in [6.45, 7) is 7.21. The highest BCUT2D eigenvalue weighted by Gasteiger charge is 2.42. The highest BCUT2D eigenvalue weighted by Crippen LogP contribution is 2.25. The molecule has 5 nitrogen and oxygen atoms in total. The number of nitrogens with zero attached hydrogens (tertiary/aromatic N) is 1. The second-order valence-corrected chi connectivity index (χ2v) is 5.85. The topological polar surface area (TPSA) is 50.8 Å². The second kappa shape index (κ2) is 6.20. The van der Waals surface area contributed by atoms with Gasteiger partial charge in [0.25, 0.3) is 0 Å². The molecule has 0 aromatic heterocycles. The van der Waals surface area contributed by atoms with Crippen LogP contribution >= 0.6 is 0 Å². The maximum atomic E-state index is 12.1. The highest BCUT2D eigenvalue weighted by molar-refractivity contribution is 5.80. The number of ether oxygens (including phenoxy) is 2. The molecule has 2 unspecified atom stereocenters. The molecule has 2 atom stereocenters. The maximum Gasteiger partial charge on any atom is 0.327 e. The maximum absolute atomic E-state index is 12.1. The average Bonchev–Trinajstić information content (AvgIpc) is 3.22. The number of hydrogen-bond acceptors (Lipinski definition) is 5. The van der Waals surface area contributed by atoms with Gasteiger partial charge in [-0.2, -0.15) is 0 Å². The summed E-state index contributed by atoms with van der Waals surface area (Å²) < 4.78 is 10.5. The Morgan fingerprint density at radius 2 is 2.26 bits per heavy atom. The summed E-state index contributed by atoms with van der Waals surface area (Å²) in [6.07, 6.45) is 3.36. The van der Waals surface area contributed by atoms with Gasteiger partial charge in [-0.05, 0) is 26.2 Å². The third-order valence-electron chi connectivity index (χ3n) is 4.08. The zero-order chi connectivity index (χ0) is 13.9. The van der Waals surface area contributed by atoms with Crippen molar-refractivity contribution in [1.29, 1.82) is 0 Å². The Balaban J connectivity index is 2.02. The molecule has 0 radical (unpaired) electrons. The number of morpholine rings is 1. The molecule has 19 heavy (non-hydrogen) atoms. The summed E-state index contributed by atoms with van der Waals surface area (Å²) in [6, 6.07) is 0.879. The molecule has 2 fully saturated rings. The van der Waals surface area contributed by atoms with Crippen molar-refractivity contribution in [1.82, 2.24) is 10.2 Å². The van der Waals surface area contributed by atoms with Gasteiger partial charge in [-0.25, -0.2) is 0 Å². The lowest BCUT2D eigenvalue weighted by atomic mass is 9.99. The van der Waals surface area contributed by atoms with Crippen molar-refractivity contribution in [3.05, 3.63) is 0 Å². The average molecular weight is 270 g/mol. The van der Waals surface area contributed by atoms with Crippen LogP contribution in [0.1, 0.15) is 33.1 Å². The van der Waals surface area contributed by atoms with Crippen molar-refractivity contribution in [2.45, 2.75) is 50.7 Å². The number of esters is 1. The van der Waals surface area contributed by atoms with Crippen LogP contribution in [-0.2, 0) is 14.3 Å². The largest absolute Gasteiger partial charge is 0.468 e. The fourth-order valence-electron chi connectivity index (χ4n) is 2.75. The Kier molecular flexibility index (Phi) is 4.81. The van der Waals surface area contributed by atoms with Gasteiger partial charge in [-0.15, -0.1) is 0 Å². The summed E-state index contributed by atoms with van der Waals surface area (Å²) in [5, 5.41) is 3.45. The number of carbonyl (C=O) groups excluding carboxylic acids is 1. The lowest BCUT2D eigenvalue weighted by Gasteiger charge is -2.40. The second-order valence-electron chi connectivity index (χ2n) is 5.85. The van der Waals surface area contributed by atoms with Crippen LogP contribution in [0.25, 0.3) is 0 Å². The molecule has 110 valence electrons. The summed E-state index contributed by atoms with van der Waals surface area (Å²) in [5.41, 5.74) is -0.610. The van der Waals surface area contributed by atoms with E-state index in [1.807, 2.05) is 6.92 Å². The molecule has 1 aliphatic carbocycles. The lowest BCUT2D eigenvalue weighted by Crippen LogP contribution is -2.61. The standard InChI is InChI=1S/C14H26N2O3/c1-4-12-9-19-8-7-16(12)10-14(2,13(17)18-3)15-11-5-6-11/h11-12,15H,4-10H2,1-3H3. The molecule has 1 saturated carbocycles. The third-order valence-corrected chi connectivity index (χ3v) is 4.08. The predicted octanol–water partition coefficient (Wildman–Crippen LogP) is 0.781. The van der Waals surface area contributed by atoms with E-state index < -0.39 is 5.54 Å². The number of nitrogens with one attached hydrogen (secondary N) is 1. The van der Waals surface area contributed by atoms with E-state index in [9.17, 15) is 4.79 Å². The first kappa shape index (κ1) is 14.8. The SMILES string of the molecule is CCC1COCCN1CC(C)(NC1CC1)C(=O)OC. The van der Waals surface area contributed by atoms with Crippen LogP contribution < -0.4 is 5.32 Å². The molecule has 2 rings (SSSR count). The first-order valence-corrected chi connectivity index (χ1v) is 7.27. The molecule has 5 heteroatoms. The van der Waals surface area contributed by atoms with Gasteiger partial charge in [0.05, 0.1) is 20.3 Å². The Hall–Kier alpha value is -0.650. The van der Waals surface area contributed by atoms with E-state index in [0.717, 1.165) is 39.0 Å². The third kappa shape index (κ3) is 3.68. The van der Waals surface area contributed by atoms with Gasteiger partial charge in [0.1, 0.15) is 5.54 Å². The van der Waals surface area contributed by atoms with E-state index in [4.69, 9.17) is 9.47 Å². The van der Waals surface area contributed by atoms with E-state index in [1.54, 1.807) is 0 Å². The predicted molar refractivity (Wildman–Crippen MR) is 73.0 cm³/mol. The molecule has 1 aliphatic heterocycles. The van der Waals surface area contributed by atoms with Crippen molar-refractivity contribution in [3.8, 4) is 0 Å². The fourth-order valence-corrected chi connectivity index (χ4v) is 2.75. The Morgan fingerprint density at radius 3 is 2.84 bits per heavy atom. The van der Waals surface area contributed by atoms with E-state index in [0.29, 0.717) is 18.6 Å². The molecule has 0 aromatic carbocycles. The Bertz CT molecular complexity index is 320. The Labute approximate surface area is 115 Å². The van der Waals surface area contributed by atoms with Crippen molar-refractivity contribution < 1.29 is 14.3 Å². The van der Waals surface area contributed by atoms with Crippen LogP contribution in [0, 0.1) is 0 Å². The lowest BCUT2D eigenvalue weighted by molar-refractivity contribution is -0.150. The molecular weight excluding hydrogens is 244 g/mol. The van der Waals surface area contributed by atoms with Crippen LogP contribution in [0.2, 0.25) is 0 Å². The van der Waals surface area contributed by atoms with Crippen LogP contribution in [0.3, 0.4) is 0 Å². The van der Waals surface area contributed by atoms with Gasteiger partial charge < -0.3 is 9.47 Å². The number of rotatable bonds is 6. The zero-order valence-corrected chi connectivity index (χ0v) is 12.3. The minimum Gasteiger partial charge on any atom is -0.468 e. The van der Waals surface area contributed by atoms with Gasteiger partial charge in [-0.1, -0.05) is 6.92 Å². The molecule has 1 saturated heterocycles. The first-order chi connectivity index (χ1) is 9.09. The van der Waals surface area contributed by atoms with Gasteiger partial charge in [-0.3, -0.25) is 15.0 Å². The zero-order valence-electron chi connectivity index (χ0n) is 12.3. The van der Waals surface area contributed by atoms with E-state index >= 15 is 0 Å². The van der Waals surface area contributed by atoms with Crippen molar-refractivity contribution >= 4 is 5.97 Å². The number of carbonyl (C=O) groups is 1. The fraction of sp³-hybridized carbons (Fsp3) is 0.929. The van der Waals surface area contributed by atoms with Gasteiger partial charge in [0.15, 0.2) is 0 Å². The molecular formula is C14H26N2O3. The molecule has 2 aliphatic rings. The van der Waals surface area contributed by atoms with Crippen LogP contribution in [-0.4, -0.2) is 61.9 Å². The van der Waals surface area contributed by atoms with Gasteiger partial charge in [0.2, 0.25) is 0 Å². The van der Waals surface area contributed by atoms with E-state index in [1.165, 1.54) is 7.11 Å². The quantitative estimate of drug-likeness (QED) is 0.723.